The number of carboxylic acid groups (broad SMARTS) is 2. The van der Waals surface area contributed by atoms with Gasteiger partial charge in [0.05, 0.1) is 7.11 Å². The molecule has 8 nitrogen and oxygen atoms in total. The minimum absolute atomic E-state index is 0.0210. The van der Waals surface area contributed by atoms with Crippen molar-refractivity contribution in [1.29, 1.82) is 0 Å². The third-order valence-electron chi connectivity index (χ3n) is 4.33. The summed E-state index contributed by atoms with van der Waals surface area (Å²) in [5, 5.41) is 32.8. The third-order valence-corrected chi connectivity index (χ3v) is 5.30. The van der Waals surface area contributed by atoms with Crippen LogP contribution >= 0.6 is 11.3 Å². The third kappa shape index (κ3) is 7.00. The van der Waals surface area contributed by atoms with Gasteiger partial charge in [0.25, 0.3) is 0 Å². The van der Waals surface area contributed by atoms with Gasteiger partial charge in [0.15, 0.2) is 11.5 Å². The van der Waals surface area contributed by atoms with Gasteiger partial charge in [0.1, 0.15) is 11.9 Å². The molecule has 0 unspecified atom stereocenters. The van der Waals surface area contributed by atoms with E-state index in [0.717, 1.165) is 29.5 Å². The molecule has 0 aliphatic carbocycles. The molecule has 32 heavy (non-hydrogen) atoms. The van der Waals surface area contributed by atoms with Crippen molar-refractivity contribution >= 4 is 34.0 Å². The van der Waals surface area contributed by atoms with E-state index in [1.54, 1.807) is 24.5 Å². The van der Waals surface area contributed by atoms with Crippen LogP contribution in [0.2, 0.25) is 0 Å². The summed E-state index contributed by atoms with van der Waals surface area (Å²) in [6.45, 7) is 0.867. The number of carboxylic acids is 2. The van der Waals surface area contributed by atoms with Crippen LogP contribution in [0.4, 0.5) is 0 Å². The van der Waals surface area contributed by atoms with Gasteiger partial charge in [0, 0.05) is 34.2 Å². The molecule has 1 atom stereocenters. The molecule has 2 aromatic carbocycles. The topological polar surface area (TPSA) is 125 Å². The Bertz CT molecular complexity index is 1050. The van der Waals surface area contributed by atoms with Crippen LogP contribution in [0.1, 0.15) is 17.4 Å². The van der Waals surface area contributed by atoms with E-state index in [1.807, 2.05) is 37.4 Å². The molecule has 170 valence electrons. The number of benzene rings is 2. The van der Waals surface area contributed by atoms with Gasteiger partial charge in [-0.1, -0.05) is 18.2 Å². The number of phenolic OH excluding ortho intramolecular Hbond substituents is 1. The summed E-state index contributed by atoms with van der Waals surface area (Å²) < 4.78 is 11.5. The van der Waals surface area contributed by atoms with Crippen molar-refractivity contribution in [1.82, 2.24) is 5.32 Å². The van der Waals surface area contributed by atoms with Crippen molar-refractivity contribution in [2.45, 2.75) is 12.5 Å². The average Bonchev–Trinajstić information content (AvgIpc) is 3.31. The van der Waals surface area contributed by atoms with E-state index < -0.39 is 11.9 Å². The first-order valence-corrected chi connectivity index (χ1v) is 10.5. The number of phenols is 1. The maximum atomic E-state index is 10.3. The highest BCUT2D eigenvalue weighted by Crippen LogP contribution is 2.39. The zero-order chi connectivity index (χ0) is 23.5. The molecule has 0 spiro atoms. The van der Waals surface area contributed by atoms with Crippen LogP contribution in [-0.4, -0.2) is 48.0 Å². The number of hydrogen-bond acceptors (Lipinski definition) is 7. The number of fused-ring (bicyclic) bond motifs is 1. The van der Waals surface area contributed by atoms with Gasteiger partial charge in [-0.3, -0.25) is 0 Å². The van der Waals surface area contributed by atoms with Crippen LogP contribution in [0.25, 0.3) is 10.8 Å². The van der Waals surface area contributed by atoms with E-state index in [2.05, 4.69) is 16.8 Å². The fraction of sp³-hybridized carbons (Fsp3) is 0.217. The molecule has 0 bridgehead atoms. The summed E-state index contributed by atoms with van der Waals surface area (Å²) >= 11 is 1.69. The van der Waals surface area contributed by atoms with E-state index in [9.17, 15) is 14.7 Å². The normalized spacial score (nSPS) is 11.6. The van der Waals surface area contributed by atoms with Gasteiger partial charge >= 0.3 is 11.9 Å². The number of aliphatic carboxylic acids is 2. The number of methoxy groups -OCH3 is 1. The highest BCUT2D eigenvalue weighted by molar-refractivity contribution is 7.10. The Morgan fingerprint density at radius 3 is 2.31 bits per heavy atom. The first kappa shape index (κ1) is 24.7. The number of rotatable bonds is 9. The molecule has 0 aliphatic rings. The first-order chi connectivity index (χ1) is 15.4. The Hall–Kier alpha value is -3.56. The van der Waals surface area contributed by atoms with Gasteiger partial charge in [-0.2, -0.15) is 0 Å². The smallest absolute Gasteiger partial charge is 0.328 e. The molecule has 0 fully saturated rings. The number of thiophene rings is 1. The Balaban J connectivity index is 0.000000390. The van der Waals surface area contributed by atoms with Crippen molar-refractivity contribution in [3.05, 3.63) is 64.9 Å². The second kappa shape index (κ2) is 12.3. The van der Waals surface area contributed by atoms with Crippen LogP contribution in [0.5, 0.6) is 17.2 Å². The monoisotopic (exact) mass is 459 g/mol. The standard InChI is InChI=1S/C19H21NO3S.C4H4O4/c1-20-11-10-16(18-7-4-12-24-18)23-15-6-3-5-14-13(15)8-9-17(22-2)19(14)21;5-3(6)1-2-4(7)8/h3-9,12,16,20-21H,10-11H2,1-2H3;1-2H,(H,5,6)(H,7,8)/b;2-1-/t16-;/m0./s1. The van der Waals surface area contributed by atoms with Gasteiger partial charge in [-0.15, -0.1) is 11.3 Å². The zero-order valence-corrected chi connectivity index (χ0v) is 18.5. The summed E-state index contributed by atoms with van der Waals surface area (Å²) in [5.41, 5.74) is 0. The molecule has 0 saturated heterocycles. The molecule has 0 saturated carbocycles. The number of ether oxygens (including phenoxy) is 2. The van der Waals surface area contributed by atoms with E-state index in [-0.39, 0.29) is 11.9 Å². The fourth-order valence-corrected chi connectivity index (χ4v) is 3.65. The van der Waals surface area contributed by atoms with E-state index in [4.69, 9.17) is 19.7 Å². The molecule has 4 N–H and O–H groups in total. The fourth-order valence-electron chi connectivity index (χ4n) is 2.87. The lowest BCUT2D eigenvalue weighted by Crippen LogP contribution is -2.15. The number of carbonyl (C=O) groups is 2. The lowest BCUT2D eigenvalue weighted by molar-refractivity contribution is -0.134. The van der Waals surface area contributed by atoms with E-state index in [1.165, 1.54) is 4.88 Å². The Labute approximate surface area is 189 Å². The van der Waals surface area contributed by atoms with Gasteiger partial charge in [-0.05, 0) is 43.2 Å². The molecule has 9 heteroatoms. The average molecular weight is 460 g/mol. The summed E-state index contributed by atoms with van der Waals surface area (Å²) in [6.07, 6.45) is 1.97. The predicted octanol–water partition coefficient (Wildman–Crippen LogP) is 4.06. The van der Waals surface area contributed by atoms with Crippen LogP contribution in [0, 0.1) is 0 Å². The molecule has 1 aromatic heterocycles. The molecule has 3 aromatic rings. The summed E-state index contributed by atoms with van der Waals surface area (Å²) in [4.78, 5) is 20.3. The van der Waals surface area contributed by atoms with Crippen molar-refractivity contribution < 1.29 is 34.4 Å². The molecule has 0 aliphatic heterocycles. The van der Waals surface area contributed by atoms with Gasteiger partial charge in [0.2, 0.25) is 0 Å². The number of nitrogens with one attached hydrogen (secondary N) is 1. The highest BCUT2D eigenvalue weighted by atomic mass is 32.1. The highest BCUT2D eigenvalue weighted by Gasteiger charge is 2.17. The molecule has 0 amide bonds. The second-order valence-corrected chi connectivity index (χ2v) is 7.47. The first-order valence-electron chi connectivity index (χ1n) is 9.64. The predicted molar refractivity (Wildman–Crippen MR) is 123 cm³/mol. The molecule has 1 heterocycles. The van der Waals surface area contributed by atoms with Crippen molar-refractivity contribution in [2.24, 2.45) is 0 Å². The summed E-state index contributed by atoms with van der Waals surface area (Å²) in [7, 11) is 3.49. The van der Waals surface area contributed by atoms with Crippen LogP contribution < -0.4 is 14.8 Å². The van der Waals surface area contributed by atoms with Gasteiger partial charge < -0.3 is 30.1 Å². The Kier molecular flexibility index (Phi) is 9.52. The molecular formula is C23H25NO7S. The minimum Gasteiger partial charge on any atom is -0.504 e. The molecule has 3 rings (SSSR count). The van der Waals surface area contributed by atoms with E-state index in [0.29, 0.717) is 17.9 Å². The quantitative estimate of drug-likeness (QED) is 0.353. The summed E-state index contributed by atoms with van der Waals surface area (Å²) in [5.74, 6) is -1.15. The van der Waals surface area contributed by atoms with Crippen LogP contribution in [0.3, 0.4) is 0 Å². The SMILES string of the molecule is CNCC[C@H](Oc1cccc2c(O)c(OC)ccc12)c1cccs1.O=C(O)/C=C\C(=O)O. The maximum absolute atomic E-state index is 10.3. The van der Waals surface area contributed by atoms with Crippen LogP contribution in [0.15, 0.2) is 60.0 Å². The Morgan fingerprint density at radius 1 is 1.03 bits per heavy atom. The van der Waals surface area contributed by atoms with Crippen molar-refractivity contribution in [2.75, 3.05) is 20.7 Å². The molecular weight excluding hydrogens is 434 g/mol. The number of hydrogen-bond donors (Lipinski definition) is 4. The van der Waals surface area contributed by atoms with Crippen molar-refractivity contribution in [3.8, 4) is 17.2 Å². The van der Waals surface area contributed by atoms with Gasteiger partial charge in [-0.25, -0.2) is 9.59 Å². The maximum Gasteiger partial charge on any atom is 0.328 e. The molecule has 0 radical (unpaired) electrons. The van der Waals surface area contributed by atoms with Crippen LogP contribution in [-0.2, 0) is 9.59 Å². The lowest BCUT2D eigenvalue weighted by Gasteiger charge is -2.19. The second-order valence-electron chi connectivity index (χ2n) is 6.49. The largest absolute Gasteiger partial charge is 0.504 e. The Morgan fingerprint density at radius 2 is 1.75 bits per heavy atom. The minimum atomic E-state index is -1.26. The lowest BCUT2D eigenvalue weighted by atomic mass is 10.1. The zero-order valence-electron chi connectivity index (χ0n) is 17.6. The van der Waals surface area contributed by atoms with Crippen molar-refractivity contribution in [3.63, 3.8) is 0 Å². The van der Waals surface area contributed by atoms with E-state index >= 15 is 0 Å². The number of aromatic hydroxyl groups is 1. The summed E-state index contributed by atoms with van der Waals surface area (Å²) in [6, 6.07) is 13.5.